The topological polar surface area (TPSA) is 123 Å². The summed E-state index contributed by atoms with van der Waals surface area (Å²) in [7, 11) is -4.19. The molecule has 3 aromatic carbocycles. The lowest BCUT2D eigenvalue weighted by molar-refractivity contribution is 0.0635. The minimum atomic E-state index is -4.19. The molecule has 1 aliphatic heterocycles. The standard InChI is InChI=1S/C28H30FN3O7S/c1-28(2,3)39-27(34)31-21-11-14-25-24(15-21)32(40(35,36)23-12-9-20(29)10-13-23)17-22(38-25)16-30-26(33)37-18-19-7-5-4-6-8-19/h4-15,22H,16-18H2,1-3H3,(H,30,33)(H,31,34). The first-order valence-corrected chi connectivity index (χ1v) is 13.9. The average Bonchev–Trinajstić information content (AvgIpc) is 2.90. The molecule has 212 valence electrons. The lowest BCUT2D eigenvalue weighted by Gasteiger charge is -2.35. The fourth-order valence-corrected chi connectivity index (χ4v) is 5.35. The predicted molar refractivity (Wildman–Crippen MR) is 146 cm³/mol. The van der Waals surface area contributed by atoms with Crippen LogP contribution in [-0.2, 0) is 26.1 Å². The van der Waals surface area contributed by atoms with Gasteiger partial charge in [-0.1, -0.05) is 30.3 Å². The summed E-state index contributed by atoms with van der Waals surface area (Å²) in [6, 6.07) is 18.1. The van der Waals surface area contributed by atoms with E-state index in [4.69, 9.17) is 14.2 Å². The van der Waals surface area contributed by atoms with Crippen molar-refractivity contribution in [2.75, 3.05) is 22.7 Å². The van der Waals surface area contributed by atoms with Crippen LogP contribution in [0, 0.1) is 5.82 Å². The molecule has 0 saturated carbocycles. The third kappa shape index (κ3) is 7.41. The SMILES string of the molecule is CC(C)(C)OC(=O)Nc1ccc2c(c1)N(S(=O)(=O)c1ccc(F)cc1)CC(CNC(=O)OCc1ccccc1)O2. The lowest BCUT2D eigenvalue weighted by Crippen LogP contribution is -2.48. The summed E-state index contributed by atoms with van der Waals surface area (Å²) < 4.78 is 58.4. The van der Waals surface area contributed by atoms with Crippen molar-refractivity contribution in [1.82, 2.24) is 5.32 Å². The second-order valence-corrected chi connectivity index (χ2v) is 11.8. The summed E-state index contributed by atoms with van der Waals surface area (Å²) in [5.41, 5.74) is 0.507. The molecule has 0 bridgehead atoms. The van der Waals surface area contributed by atoms with Gasteiger partial charge in [0.25, 0.3) is 10.0 Å². The van der Waals surface area contributed by atoms with Crippen LogP contribution in [0.2, 0.25) is 0 Å². The zero-order valence-corrected chi connectivity index (χ0v) is 23.0. The monoisotopic (exact) mass is 571 g/mol. The molecule has 0 spiro atoms. The van der Waals surface area contributed by atoms with Gasteiger partial charge in [-0.25, -0.2) is 22.4 Å². The van der Waals surface area contributed by atoms with Crippen LogP contribution >= 0.6 is 0 Å². The van der Waals surface area contributed by atoms with Crippen LogP contribution in [-0.4, -0.2) is 45.4 Å². The molecule has 1 unspecified atom stereocenters. The van der Waals surface area contributed by atoms with E-state index >= 15 is 0 Å². The van der Waals surface area contributed by atoms with Crippen molar-refractivity contribution in [1.29, 1.82) is 0 Å². The Kier molecular flexibility index (Phi) is 8.48. The van der Waals surface area contributed by atoms with E-state index in [0.29, 0.717) is 0 Å². The molecule has 1 aliphatic rings. The summed E-state index contributed by atoms with van der Waals surface area (Å²) in [5.74, 6) is -0.377. The number of carbonyl (C=O) groups is 2. The zero-order chi connectivity index (χ0) is 28.9. The molecule has 0 fully saturated rings. The number of anilines is 2. The molecule has 0 radical (unpaired) electrons. The van der Waals surface area contributed by atoms with Gasteiger partial charge in [0, 0.05) is 5.69 Å². The minimum absolute atomic E-state index is 0.0551. The van der Waals surface area contributed by atoms with Crippen LogP contribution in [0.4, 0.5) is 25.4 Å². The maximum Gasteiger partial charge on any atom is 0.412 e. The quantitative estimate of drug-likeness (QED) is 0.407. The second-order valence-electron chi connectivity index (χ2n) is 9.98. The highest BCUT2D eigenvalue weighted by atomic mass is 32.2. The number of rotatable bonds is 7. The van der Waals surface area contributed by atoms with Crippen molar-refractivity contribution in [2.45, 2.75) is 44.0 Å². The molecular weight excluding hydrogens is 541 g/mol. The number of benzene rings is 3. The van der Waals surface area contributed by atoms with Crippen molar-refractivity contribution >= 4 is 33.6 Å². The van der Waals surface area contributed by atoms with Crippen LogP contribution in [0.15, 0.2) is 77.7 Å². The van der Waals surface area contributed by atoms with E-state index in [1.54, 1.807) is 20.8 Å². The highest BCUT2D eigenvalue weighted by molar-refractivity contribution is 7.92. The van der Waals surface area contributed by atoms with Crippen molar-refractivity contribution in [2.24, 2.45) is 0 Å². The Morgan fingerprint density at radius 3 is 2.40 bits per heavy atom. The zero-order valence-electron chi connectivity index (χ0n) is 22.2. The van der Waals surface area contributed by atoms with E-state index in [0.717, 1.165) is 34.1 Å². The van der Waals surface area contributed by atoms with Crippen molar-refractivity contribution in [3.8, 4) is 5.75 Å². The number of hydrogen-bond acceptors (Lipinski definition) is 7. The molecule has 2 amide bonds. The van der Waals surface area contributed by atoms with Gasteiger partial charge in [-0.3, -0.25) is 9.62 Å². The Balaban J connectivity index is 1.54. The van der Waals surface area contributed by atoms with Gasteiger partial charge >= 0.3 is 12.2 Å². The maximum absolute atomic E-state index is 13.6. The Hall–Kier alpha value is -4.32. The summed E-state index contributed by atoms with van der Waals surface area (Å²) >= 11 is 0. The number of fused-ring (bicyclic) bond motifs is 1. The summed E-state index contributed by atoms with van der Waals surface area (Å²) in [6.07, 6.45) is -2.19. The molecule has 3 aromatic rings. The molecule has 0 aliphatic carbocycles. The van der Waals surface area contributed by atoms with Crippen molar-refractivity contribution < 1.29 is 36.6 Å². The number of halogens is 1. The molecular formula is C28H30FN3O7S. The fourth-order valence-electron chi connectivity index (χ4n) is 3.85. The Morgan fingerprint density at radius 2 is 1.73 bits per heavy atom. The fraction of sp³-hybridized carbons (Fsp3) is 0.286. The van der Waals surface area contributed by atoms with Gasteiger partial charge < -0.3 is 19.5 Å². The third-order valence-corrected chi connectivity index (χ3v) is 7.42. The van der Waals surface area contributed by atoms with Gasteiger partial charge in [0.05, 0.1) is 23.7 Å². The van der Waals surface area contributed by atoms with Crippen molar-refractivity contribution in [3.05, 3.63) is 84.2 Å². The Labute approximate surface area is 232 Å². The second kappa shape index (κ2) is 11.8. The Morgan fingerprint density at radius 1 is 1.02 bits per heavy atom. The largest absolute Gasteiger partial charge is 0.484 e. The van der Waals surface area contributed by atoms with Crippen LogP contribution < -0.4 is 19.7 Å². The molecule has 10 nitrogen and oxygen atoms in total. The molecule has 12 heteroatoms. The number of sulfonamides is 1. The number of carbonyl (C=O) groups excluding carboxylic acids is 2. The van der Waals surface area contributed by atoms with E-state index in [2.05, 4.69) is 10.6 Å². The molecule has 0 saturated heterocycles. The van der Waals surface area contributed by atoms with Gasteiger partial charge in [-0.15, -0.1) is 0 Å². The molecule has 1 heterocycles. The first-order valence-electron chi connectivity index (χ1n) is 12.4. The number of alkyl carbamates (subject to hydrolysis) is 1. The highest BCUT2D eigenvalue weighted by Gasteiger charge is 2.35. The van der Waals surface area contributed by atoms with Gasteiger partial charge in [-0.2, -0.15) is 0 Å². The number of nitrogens with zero attached hydrogens (tertiary/aromatic N) is 1. The number of ether oxygens (including phenoxy) is 3. The molecule has 1 atom stereocenters. The van der Waals surface area contributed by atoms with Gasteiger partial charge in [0.2, 0.25) is 0 Å². The maximum atomic E-state index is 13.6. The van der Waals surface area contributed by atoms with Crippen molar-refractivity contribution in [3.63, 3.8) is 0 Å². The average molecular weight is 572 g/mol. The van der Waals surface area contributed by atoms with Gasteiger partial charge in [0.15, 0.2) is 0 Å². The Bertz CT molecular complexity index is 1460. The van der Waals surface area contributed by atoms with E-state index in [1.165, 1.54) is 18.2 Å². The van der Waals surface area contributed by atoms with Crippen LogP contribution in [0.1, 0.15) is 26.3 Å². The smallest absolute Gasteiger partial charge is 0.412 e. The first kappa shape index (κ1) is 28.7. The molecule has 4 rings (SSSR count). The van der Waals surface area contributed by atoms with Gasteiger partial charge in [0.1, 0.15) is 29.9 Å². The van der Waals surface area contributed by atoms with Crippen LogP contribution in [0.3, 0.4) is 0 Å². The van der Waals surface area contributed by atoms with Crippen LogP contribution in [0.25, 0.3) is 0 Å². The molecule has 0 aromatic heterocycles. The predicted octanol–water partition coefficient (Wildman–Crippen LogP) is 5.06. The third-order valence-electron chi connectivity index (χ3n) is 5.62. The molecule has 40 heavy (non-hydrogen) atoms. The summed E-state index contributed by atoms with van der Waals surface area (Å²) in [5, 5.41) is 5.19. The molecule has 2 N–H and O–H groups in total. The number of nitrogens with one attached hydrogen (secondary N) is 2. The summed E-state index contributed by atoms with van der Waals surface area (Å²) in [6.45, 7) is 4.99. The van der Waals surface area contributed by atoms with E-state index < -0.39 is 39.7 Å². The van der Waals surface area contributed by atoms with Gasteiger partial charge in [-0.05, 0) is 68.8 Å². The normalized spacial score (nSPS) is 14.9. The lowest BCUT2D eigenvalue weighted by atomic mass is 10.2. The van der Waals surface area contributed by atoms with E-state index in [1.807, 2.05) is 30.3 Å². The number of hydrogen-bond donors (Lipinski definition) is 2. The highest BCUT2D eigenvalue weighted by Crippen LogP contribution is 2.39. The first-order chi connectivity index (χ1) is 18.9. The minimum Gasteiger partial charge on any atom is -0.484 e. The number of amides is 2. The summed E-state index contributed by atoms with van der Waals surface area (Å²) in [4.78, 5) is 24.4. The van der Waals surface area contributed by atoms with E-state index in [9.17, 15) is 22.4 Å². The van der Waals surface area contributed by atoms with Crippen LogP contribution in [0.5, 0.6) is 5.75 Å². The van der Waals surface area contributed by atoms with E-state index in [-0.39, 0.29) is 41.7 Å².